The summed E-state index contributed by atoms with van der Waals surface area (Å²) < 4.78 is 0. The maximum absolute atomic E-state index is 4.75. The molecule has 1 aliphatic rings. The molecule has 0 bridgehead atoms. The lowest BCUT2D eigenvalue weighted by Gasteiger charge is -2.33. The summed E-state index contributed by atoms with van der Waals surface area (Å²) in [7, 11) is 2.15. The molecule has 3 rings (SSSR count). The molecule has 0 unspecified atom stereocenters. The summed E-state index contributed by atoms with van der Waals surface area (Å²) in [6, 6.07) is 10.4. The average molecular weight is 312 g/mol. The maximum Gasteiger partial charge on any atom is 0.247 e. The predicted octanol–water partition coefficient (Wildman–Crippen LogP) is 1.65. The zero-order chi connectivity index (χ0) is 16.1. The summed E-state index contributed by atoms with van der Waals surface area (Å²) in [6.45, 7) is 7.85. The van der Waals surface area contributed by atoms with Gasteiger partial charge in [-0.25, -0.2) is 0 Å². The quantitative estimate of drug-likeness (QED) is 0.837. The Kier molecular flexibility index (Phi) is 5.02. The Hall–Kier alpha value is -2.21. The van der Waals surface area contributed by atoms with Gasteiger partial charge in [-0.3, -0.25) is 0 Å². The molecule has 0 spiro atoms. The van der Waals surface area contributed by atoms with E-state index in [9.17, 15) is 0 Å². The van der Waals surface area contributed by atoms with Crippen LogP contribution in [0, 0.1) is 0 Å². The Labute approximate surface area is 137 Å². The normalized spacial score (nSPS) is 15.7. The molecule has 2 heterocycles. The van der Waals surface area contributed by atoms with Gasteiger partial charge in [0.2, 0.25) is 5.95 Å². The lowest BCUT2D eigenvalue weighted by molar-refractivity contribution is 0.312. The highest BCUT2D eigenvalue weighted by Gasteiger charge is 2.17. The van der Waals surface area contributed by atoms with Gasteiger partial charge in [-0.1, -0.05) is 30.3 Å². The van der Waals surface area contributed by atoms with Crippen LogP contribution < -0.4 is 9.80 Å². The minimum atomic E-state index is 0.702. The summed E-state index contributed by atoms with van der Waals surface area (Å²) in [5.74, 6) is 1.63. The molecule has 1 saturated heterocycles. The standard InChI is InChI=1S/C17H24N6/c1-3-22(14-15-7-5-4-6-8-15)17-19-16(13-18-20-17)23-11-9-21(2)10-12-23/h4-8,13H,3,9-12,14H2,1-2H3. The zero-order valence-electron chi connectivity index (χ0n) is 13.9. The second-order valence-electron chi connectivity index (χ2n) is 5.90. The first-order valence-corrected chi connectivity index (χ1v) is 8.18. The van der Waals surface area contributed by atoms with Crippen molar-refractivity contribution in [2.24, 2.45) is 0 Å². The van der Waals surface area contributed by atoms with E-state index in [1.807, 2.05) is 6.07 Å². The van der Waals surface area contributed by atoms with Crippen molar-refractivity contribution in [2.75, 3.05) is 49.6 Å². The Morgan fingerprint density at radius 1 is 1.09 bits per heavy atom. The number of hydrogen-bond acceptors (Lipinski definition) is 6. The van der Waals surface area contributed by atoms with Crippen LogP contribution in [0.25, 0.3) is 0 Å². The fraction of sp³-hybridized carbons (Fsp3) is 0.471. The van der Waals surface area contributed by atoms with Crippen molar-refractivity contribution < 1.29 is 0 Å². The summed E-state index contributed by atoms with van der Waals surface area (Å²) in [6.07, 6.45) is 1.77. The fourth-order valence-corrected chi connectivity index (χ4v) is 2.74. The molecule has 0 saturated carbocycles. The van der Waals surface area contributed by atoms with Crippen molar-refractivity contribution in [3.63, 3.8) is 0 Å². The smallest absolute Gasteiger partial charge is 0.247 e. The first kappa shape index (κ1) is 15.7. The van der Waals surface area contributed by atoms with E-state index < -0.39 is 0 Å². The van der Waals surface area contributed by atoms with Crippen molar-refractivity contribution in [1.82, 2.24) is 20.1 Å². The Morgan fingerprint density at radius 2 is 1.83 bits per heavy atom. The Bertz CT molecular complexity index is 609. The average Bonchev–Trinajstić information content (AvgIpc) is 2.61. The predicted molar refractivity (Wildman–Crippen MR) is 92.7 cm³/mol. The van der Waals surface area contributed by atoms with E-state index in [2.05, 4.69) is 63.1 Å². The largest absolute Gasteiger partial charge is 0.353 e. The van der Waals surface area contributed by atoms with E-state index in [-0.39, 0.29) is 0 Å². The van der Waals surface area contributed by atoms with E-state index in [0.717, 1.165) is 45.1 Å². The van der Waals surface area contributed by atoms with Crippen LogP contribution in [0.5, 0.6) is 0 Å². The lowest BCUT2D eigenvalue weighted by Crippen LogP contribution is -2.45. The molecule has 1 fully saturated rings. The van der Waals surface area contributed by atoms with Gasteiger partial charge in [0, 0.05) is 39.3 Å². The minimum absolute atomic E-state index is 0.702. The highest BCUT2D eigenvalue weighted by atomic mass is 15.4. The minimum Gasteiger partial charge on any atom is -0.353 e. The first-order chi connectivity index (χ1) is 11.3. The molecule has 6 heteroatoms. The first-order valence-electron chi connectivity index (χ1n) is 8.18. The molecular weight excluding hydrogens is 288 g/mol. The van der Waals surface area contributed by atoms with Gasteiger partial charge >= 0.3 is 0 Å². The zero-order valence-corrected chi connectivity index (χ0v) is 13.9. The van der Waals surface area contributed by atoms with E-state index in [1.165, 1.54) is 5.56 Å². The highest BCUT2D eigenvalue weighted by Crippen LogP contribution is 2.17. The van der Waals surface area contributed by atoms with Crippen molar-refractivity contribution >= 4 is 11.8 Å². The molecule has 0 N–H and O–H groups in total. The van der Waals surface area contributed by atoms with E-state index in [4.69, 9.17) is 4.98 Å². The topological polar surface area (TPSA) is 48.4 Å². The molecule has 0 aliphatic carbocycles. The summed E-state index contributed by atoms with van der Waals surface area (Å²) in [5, 5.41) is 8.42. The number of likely N-dealkylation sites (N-methyl/N-ethyl adjacent to an activating group) is 1. The van der Waals surface area contributed by atoms with Gasteiger partial charge in [0.25, 0.3) is 0 Å². The van der Waals surface area contributed by atoms with Gasteiger partial charge < -0.3 is 14.7 Å². The third-order valence-electron chi connectivity index (χ3n) is 4.24. The lowest BCUT2D eigenvalue weighted by atomic mass is 10.2. The molecular formula is C17H24N6. The summed E-state index contributed by atoms with van der Waals surface area (Å²) in [5.41, 5.74) is 1.25. The van der Waals surface area contributed by atoms with Crippen LogP contribution in [0.4, 0.5) is 11.8 Å². The number of aromatic nitrogens is 3. The fourth-order valence-electron chi connectivity index (χ4n) is 2.74. The van der Waals surface area contributed by atoms with Crippen LogP contribution in [0.2, 0.25) is 0 Å². The number of nitrogens with zero attached hydrogens (tertiary/aromatic N) is 6. The van der Waals surface area contributed by atoms with E-state index in [1.54, 1.807) is 6.20 Å². The monoisotopic (exact) mass is 312 g/mol. The molecule has 23 heavy (non-hydrogen) atoms. The van der Waals surface area contributed by atoms with Crippen LogP contribution in [-0.4, -0.2) is 59.9 Å². The third kappa shape index (κ3) is 3.96. The van der Waals surface area contributed by atoms with Gasteiger partial charge in [0.05, 0.1) is 6.20 Å². The van der Waals surface area contributed by atoms with Gasteiger partial charge in [-0.05, 0) is 19.5 Å². The van der Waals surface area contributed by atoms with Crippen molar-refractivity contribution in [3.05, 3.63) is 42.1 Å². The second kappa shape index (κ2) is 7.37. The molecule has 1 aromatic carbocycles. The van der Waals surface area contributed by atoms with Gasteiger partial charge in [0.15, 0.2) is 5.82 Å². The summed E-state index contributed by atoms with van der Waals surface area (Å²) in [4.78, 5) is 11.5. The van der Waals surface area contributed by atoms with E-state index in [0.29, 0.717) is 5.95 Å². The summed E-state index contributed by atoms with van der Waals surface area (Å²) >= 11 is 0. The molecule has 1 aliphatic heterocycles. The van der Waals surface area contributed by atoms with Crippen molar-refractivity contribution in [2.45, 2.75) is 13.5 Å². The SMILES string of the molecule is CCN(Cc1ccccc1)c1nncc(N2CCN(C)CC2)n1. The van der Waals surface area contributed by atoms with Crippen molar-refractivity contribution in [1.29, 1.82) is 0 Å². The number of anilines is 2. The van der Waals surface area contributed by atoms with Crippen LogP contribution in [-0.2, 0) is 6.54 Å². The van der Waals surface area contributed by atoms with Crippen LogP contribution in [0.3, 0.4) is 0 Å². The number of hydrogen-bond donors (Lipinski definition) is 0. The molecule has 0 radical (unpaired) electrons. The van der Waals surface area contributed by atoms with Crippen LogP contribution in [0.1, 0.15) is 12.5 Å². The number of rotatable bonds is 5. The van der Waals surface area contributed by atoms with Gasteiger partial charge in [-0.2, -0.15) is 10.1 Å². The molecule has 2 aromatic rings. The van der Waals surface area contributed by atoms with Gasteiger partial charge in [-0.15, -0.1) is 5.10 Å². The van der Waals surface area contributed by atoms with E-state index >= 15 is 0 Å². The molecule has 6 nitrogen and oxygen atoms in total. The van der Waals surface area contributed by atoms with Gasteiger partial charge in [0.1, 0.15) is 0 Å². The second-order valence-corrected chi connectivity index (χ2v) is 5.90. The van der Waals surface area contributed by atoms with Crippen LogP contribution in [0.15, 0.2) is 36.5 Å². The maximum atomic E-state index is 4.75. The molecule has 0 amide bonds. The number of benzene rings is 1. The Morgan fingerprint density at radius 3 is 2.52 bits per heavy atom. The number of piperazine rings is 1. The van der Waals surface area contributed by atoms with Crippen LogP contribution >= 0.6 is 0 Å². The molecule has 1 aromatic heterocycles. The third-order valence-corrected chi connectivity index (χ3v) is 4.24. The molecule has 0 atom stereocenters. The Balaban J connectivity index is 1.74. The highest BCUT2D eigenvalue weighted by molar-refractivity contribution is 5.42. The molecule has 122 valence electrons. The van der Waals surface area contributed by atoms with Crippen molar-refractivity contribution in [3.8, 4) is 0 Å².